The zero-order valence-corrected chi connectivity index (χ0v) is 14.9. The molecule has 0 aliphatic rings. The van der Waals surface area contributed by atoms with Crippen molar-refractivity contribution < 1.29 is 13.2 Å². The van der Waals surface area contributed by atoms with Crippen molar-refractivity contribution in [2.45, 2.75) is 19.4 Å². The number of para-hydroxylation sites is 1. The van der Waals surface area contributed by atoms with E-state index in [-0.39, 0.29) is 5.91 Å². The van der Waals surface area contributed by atoms with Gasteiger partial charge in [-0.15, -0.1) is 0 Å². The lowest BCUT2D eigenvalue weighted by Gasteiger charge is -2.26. The standard InChI is InChI=1S/C18H22N2O3S/c1-4-14-10-8-9-13-16(14)19-18(21)17(20(2)24(3,22)23)15-11-6-5-7-12-15/h5-13,17H,4H2,1-3H3,(H,19,21)/t17-/m1/s1. The molecule has 0 aliphatic carbocycles. The lowest BCUT2D eigenvalue weighted by molar-refractivity contribution is -0.119. The van der Waals surface area contributed by atoms with E-state index in [4.69, 9.17) is 0 Å². The minimum absolute atomic E-state index is 0.380. The fraction of sp³-hybridized carbons (Fsp3) is 0.278. The number of hydrogen-bond donors (Lipinski definition) is 1. The van der Waals surface area contributed by atoms with Crippen LogP contribution in [0.25, 0.3) is 0 Å². The topological polar surface area (TPSA) is 66.5 Å². The van der Waals surface area contributed by atoms with Crippen molar-refractivity contribution >= 4 is 21.6 Å². The van der Waals surface area contributed by atoms with Crippen LogP contribution in [0.1, 0.15) is 24.1 Å². The number of anilines is 1. The number of hydrogen-bond acceptors (Lipinski definition) is 3. The first-order valence-electron chi connectivity index (χ1n) is 7.71. The molecule has 1 atom stereocenters. The van der Waals surface area contributed by atoms with Crippen molar-refractivity contribution in [3.05, 3.63) is 65.7 Å². The number of carbonyl (C=O) groups is 1. The molecular formula is C18H22N2O3S. The van der Waals surface area contributed by atoms with E-state index in [0.29, 0.717) is 11.3 Å². The predicted octanol–water partition coefficient (Wildman–Crippen LogP) is 2.82. The number of carbonyl (C=O) groups excluding carboxylic acids is 1. The highest BCUT2D eigenvalue weighted by molar-refractivity contribution is 7.88. The highest BCUT2D eigenvalue weighted by atomic mass is 32.2. The summed E-state index contributed by atoms with van der Waals surface area (Å²) in [6.07, 6.45) is 1.87. The van der Waals surface area contributed by atoms with E-state index in [1.165, 1.54) is 7.05 Å². The van der Waals surface area contributed by atoms with Crippen molar-refractivity contribution in [1.82, 2.24) is 4.31 Å². The molecule has 2 aromatic rings. The minimum atomic E-state index is -3.53. The molecule has 0 radical (unpaired) electrons. The Balaban J connectivity index is 2.38. The van der Waals surface area contributed by atoms with Crippen LogP contribution < -0.4 is 5.32 Å². The zero-order valence-electron chi connectivity index (χ0n) is 14.1. The summed E-state index contributed by atoms with van der Waals surface area (Å²) < 4.78 is 25.0. The van der Waals surface area contributed by atoms with Gasteiger partial charge in [-0.05, 0) is 23.6 Å². The molecule has 0 saturated carbocycles. The number of amides is 1. The first kappa shape index (κ1) is 18.2. The molecular weight excluding hydrogens is 324 g/mol. The molecule has 2 rings (SSSR count). The average molecular weight is 346 g/mol. The molecule has 1 N–H and O–H groups in total. The Labute approximate surface area is 143 Å². The van der Waals surface area contributed by atoms with E-state index in [1.54, 1.807) is 24.3 Å². The molecule has 0 fully saturated rings. The summed E-state index contributed by atoms with van der Waals surface area (Å²) in [6, 6.07) is 15.5. The van der Waals surface area contributed by atoms with Crippen LogP contribution in [-0.2, 0) is 21.2 Å². The van der Waals surface area contributed by atoms with E-state index < -0.39 is 16.1 Å². The number of sulfonamides is 1. The monoisotopic (exact) mass is 346 g/mol. The molecule has 1 amide bonds. The first-order valence-corrected chi connectivity index (χ1v) is 9.56. The molecule has 128 valence electrons. The summed E-state index contributed by atoms with van der Waals surface area (Å²) in [5.74, 6) is -0.380. The molecule has 24 heavy (non-hydrogen) atoms. The number of aryl methyl sites for hydroxylation is 1. The maximum Gasteiger partial charge on any atom is 0.247 e. The van der Waals surface area contributed by atoms with E-state index in [0.717, 1.165) is 22.5 Å². The summed E-state index contributed by atoms with van der Waals surface area (Å²) >= 11 is 0. The van der Waals surface area contributed by atoms with Gasteiger partial charge in [0.1, 0.15) is 6.04 Å². The molecule has 0 spiro atoms. The van der Waals surface area contributed by atoms with Gasteiger partial charge in [0, 0.05) is 12.7 Å². The number of rotatable bonds is 6. The summed E-state index contributed by atoms with van der Waals surface area (Å²) in [4.78, 5) is 12.9. The Bertz CT molecular complexity index is 804. The van der Waals surface area contributed by atoms with E-state index in [9.17, 15) is 13.2 Å². The largest absolute Gasteiger partial charge is 0.324 e. The van der Waals surface area contributed by atoms with Gasteiger partial charge < -0.3 is 5.32 Å². The quantitative estimate of drug-likeness (QED) is 0.875. The van der Waals surface area contributed by atoms with Gasteiger partial charge in [-0.1, -0.05) is 55.5 Å². The molecule has 0 unspecified atom stereocenters. The maximum atomic E-state index is 12.9. The average Bonchev–Trinajstić information content (AvgIpc) is 2.55. The van der Waals surface area contributed by atoms with Crippen LogP contribution in [0.4, 0.5) is 5.69 Å². The Morgan fingerprint density at radius 3 is 2.25 bits per heavy atom. The normalized spacial score (nSPS) is 12.8. The fourth-order valence-corrected chi connectivity index (χ4v) is 3.11. The highest BCUT2D eigenvalue weighted by Crippen LogP contribution is 2.25. The van der Waals surface area contributed by atoms with Gasteiger partial charge >= 0.3 is 0 Å². The van der Waals surface area contributed by atoms with Crippen LogP contribution in [0.3, 0.4) is 0 Å². The van der Waals surface area contributed by atoms with Crippen molar-refractivity contribution in [2.24, 2.45) is 0 Å². The first-order chi connectivity index (χ1) is 11.3. The van der Waals surface area contributed by atoms with Gasteiger partial charge in [0.2, 0.25) is 15.9 Å². The van der Waals surface area contributed by atoms with Gasteiger partial charge in [-0.3, -0.25) is 4.79 Å². The number of nitrogens with zero attached hydrogens (tertiary/aromatic N) is 1. The van der Waals surface area contributed by atoms with Gasteiger partial charge in [0.25, 0.3) is 0 Å². The smallest absolute Gasteiger partial charge is 0.247 e. The second kappa shape index (κ2) is 7.59. The molecule has 2 aromatic carbocycles. The number of benzene rings is 2. The van der Waals surface area contributed by atoms with Gasteiger partial charge in [-0.25, -0.2) is 8.42 Å². The molecule has 0 aliphatic heterocycles. The SMILES string of the molecule is CCc1ccccc1NC(=O)[C@@H](c1ccccc1)N(C)S(C)(=O)=O. The second-order valence-electron chi connectivity index (χ2n) is 5.59. The van der Waals surface area contributed by atoms with Gasteiger partial charge in [0.15, 0.2) is 0 Å². The van der Waals surface area contributed by atoms with Crippen LogP contribution in [0.5, 0.6) is 0 Å². The van der Waals surface area contributed by atoms with E-state index >= 15 is 0 Å². The van der Waals surface area contributed by atoms with Crippen LogP contribution in [-0.4, -0.2) is 31.9 Å². The van der Waals surface area contributed by atoms with Gasteiger partial charge in [-0.2, -0.15) is 4.31 Å². The Hall–Kier alpha value is -2.18. The van der Waals surface area contributed by atoms with Crippen molar-refractivity contribution in [1.29, 1.82) is 0 Å². The molecule has 0 saturated heterocycles. The summed E-state index contributed by atoms with van der Waals surface area (Å²) in [7, 11) is -2.12. The van der Waals surface area contributed by atoms with Crippen LogP contribution >= 0.6 is 0 Å². The fourth-order valence-electron chi connectivity index (χ4n) is 2.50. The molecule has 6 heteroatoms. The predicted molar refractivity (Wildman–Crippen MR) is 96.2 cm³/mol. The van der Waals surface area contributed by atoms with Crippen molar-refractivity contribution in [2.75, 3.05) is 18.6 Å². The van der Waals surface area contributed by atoms with E-state index in [1.807, 2.05) is 37.3 Å². The van der Waals surface area contributed by atoms with Gasteiger partial charge in [0.05, 0.1) is 6.26 Å². The van der Waals surface area contributed by atoms with Crippen molar-refractivity contribution in [3.8, 4) is 0 Å². The van der Waals surface area contributed by atoms with Crippen LogP contribution in [0, 0.1) is 0 Å². The lowest BCUT2D eigenvalue weighted by Crippen LogP contribution is -2.38. The number of likely N-dealkylation sites (N-methyl/N-ethyl adjacent to an activating group) is 1. The lowest BCUT2D eigenvalue weighted by atomic mass is 10.1. The Morgan fingerprint density at radius 2 is 1.67 bits per heavy atom. The summed E-state index contributed by atoms with van der Waals surface area (Å²) in [5.41, 5.74) is 2.32. The van der Waals surface area contributed by atoms with E-state index in [2.05, 4.69) is 5.32 Å². The van der Waals surface area contributed by atoms with Crippen LogP contribution in [0.15, 0.2) is 54.6 Å². The van der Waals surface area contributed by atoms with Crippen LogP contribution in [0.2, 0.25) is 0 Å². The minimum Gasteiger partial charge on any atom is -0.324 e. The van der Waals surface area contributed by atoms with Crippen molar-refractivity contribution in [3.63, 3.8) is 0 Å². The number of nitrogens with one attached hydrogen (secondary N) is 1. The zero-order chi connectivity index (χ0) is 17.7. The maximum absolute atomic E-state index is 12.9. The summed E-state index contributed by atoms with van der Waals surface area (Å²) in [5, 5.41) is 2.87. The Kier molecular flexibility index (Phi) is 5.75. The molecule has 0 aromatic heterocycles. The molecule has 0 bridgehead atoms. The third kappa shape index (κ3) is 4.21. The molecule has 0 heterocycles. The third-order valence-electron chi connectivity index (χ3n) is 3.91. The third-order valence-corrected chi connectivity index (χ3v) is 5.16. The Morgan fingerprint density at radius 1 is 1.08 bits per heavy atom. The molecule has 5 nitrogen and oxygen atoms in total. The summed E-state index contributed by atoms with van der Waals surface area (Å²) in [6.45, 7) is 2.00. The highest BCUT2D eigenvalue weighted by Gasteiger charge is 2.30. The second-order valence-corrected chi connectivity index (χ2v) is 7.63.